The molecule has 2 rings (SSSR count). The lowest BCUT2D eigenvalue weighted by molar-refractivity contribution is 0.0229. The molecule has 1 heterocycles. The number of piperidine rings is 1. The first kappa shape index (κ1) is 16.0. The van der Waals surface area contributed by atoms with Crippen LogP contribution in [0.1, 0.15) is 30.1 Å². The zero-order valence-corrected chi connectivity index (χ0v) is 13.1. The lowest BCUT2D eigenvalue weighted by Crippen LogP contribution is -2.45. The second-order valence-electron chi connectivity index (χ2n) is 5.58. The molecule has 1 N–H and O–H groups in total. The van der Waals surface area contributed by atoms with Crippen LogP contribution in [0.3, 0.4) is 0 Å². The van der Waals surface area contributed by atoms with Crippen molar-refractivity contribution in [1.82, 2.24) is 4.90 Å². The molecular formula is C15H21NO4S. The number of rotatable bonds is 3. The molecule has 2 atom stereocenters. The fourth-order valence-corrected chi connectivity index (χ4v) is 3.31. The predicted molar refractivity (Wildman–Crippen MR) is 79.9 cm³/mol. The van der Waals surface area contributed by atoms with Gasteiger partial charge >= 0.3 is 0 Å². The number of carbonyl (C=O) groups excluding carboxylic acids is 1. The van der Waals surface area contributed by atoms with Crippen LogP contribution in [0.25, 0.3) is 0 Å². The van der Waals surface area contributed by atoms with Crippen LogP contribution in [-0.2, 0) is 9.84 Å². The van der Waals surface area contributed by atoms with Crippen LogP contribution in [0.4, 0.5) is 0 Å². The summed E-state index contributed by atoms with van der Waals surface area (Å²) < 4.78 is 23.1. The zero-order chi connectivity index (χ0) is 15.6. The Balaban J connectivity index is 2.21. The van der Waals surface area contributed by atoms with E-state index in [0.29, 0.717) is 25.1 Å². The highest BCUT2D eigenvalue weighted by Crippen LogP contribution is 2.22. The standard InChI is InChI=1S/C15H21NO4S/c1-3-11-10-16(8-7-14(11)17)15(18)12-5-4-6-13(9-12)21(2,19)20/h4-6,9,11,14,17H,3,7-8,10H2,1-2H3. The van der Waals surface area contributed by atoms with Gasteiger partial charge in [0.25, 0.3) is 5.91 Å². The fourth-order valence-electron chi connectivity index (χ4n) is 2.65. The number of likely N-dealkylation sites (tertiary alicyclic amines) is 1. The topological polar surface area (TPSA) is 74.7 Å². The van der Waals surface area contributed by atoms with Crippen molar-refractivity contribution in [3.8, 4) is 0 Å². The van der Waals surface area contributed by atoms with Crippen LogP contribution in [-0.4, -0.2) is 49.8 Å². The summed E-state index contributed by atoms with van der Waals surface area (Å²) in [6, 6.07) is 6.12. The van der Waals surface area contributed by atoms with Crippen molar-refractivity contribution in [2.24, 2.45) is 5.92 Å². The number of benzene rings is 1. The number of aliphatic hydroxyl groups is 1. The number of nitrogens with zero attached hydrogens (tertiary/aromatic N) is 1. The van der Waals surface area contributed by atoms with Gasteiger partial charge < -0.3 is 10.0 Å². The fraction of sp³-hybridized carbons (Fsp3) is 0.533. The Morgan fingerprint density at radius 3 is 2.76 bits per heavy atom. The molecule has 1 fully saturated rings. The summed E-state index contributed by atoms with van der Waals surface area (Å²) in [4.78, 5) is 14.3. The van der Waals surface area contributed by atoms with Crippen molar-refractivity contribution < 1.29 is 18.3 Å². The second kappa shape index (κ2) is 6.15. The quantitative estimate of drug-likeness (QED) is 0.913. The van der Waals surface area contributed by atoms with Gasteiger partial charge in [-0.05, 0) is 31.0 Å². The van der Waals surface area contributed by atoms with Crippen molar-refractivity contribution in [2.45, 2.75) is 30.8 Å². The van der Waals surface area contributed by atoms with Crippen LogP contribution in [0, 0.1) is 5.92 Å². The van der Waals surface area contributed by atoms with E-state index in [1.807, 2.05) is 6.92 Å². The lowest BCUT2D eigenvalue weighted by Gasteiger charge is -2.35. The Labute approximate surface area is 125 Å². The van der Waals surface area contributed by atoms with E-state index in [4.69, 9.17) is 0 Å². The molecule has 1 amide bonds. The van der Waals surface area contributed by atoms with Gasteiger partial charge in [0, 0.05) is 30.8 Å². The largest absolute Gasteiger partial charge is 0.393 e. The van der Waals surface area contributed by atoms with Crippen LogP contribution in [0.15, 0.2) is 29.2 Å². The van der Waals surface area contributed by atoms with Gasteiger partial charge in [0.05, 0.1) is 11.0 Å². The maximum absolute atomic E-state index is 12.5. The summed E-state index contributed by atoms with van der Waals surface area (Å²) in [6.07, 6.45) is 2.15. The van der Waals surface area contributed by atoms with Gasteiger partial charge in [-0.15, -0.1) is 0 Å². The molecule has 1 aliphatic rings. The Kier molecular flexibility index (Phi) is 4.68. The molecule has 1 aromatic carbocycles. The molecule has 0 bridgehead atoms. The Morgan fingerprint density at radius 2 is 2.14 bits per heavy atom. The average molecular weight is 311 g/mol. The summed E-state index contributed by atoms with van der Waals surface area (Å²) in [5.41, 5.74) is 0.379. The van der Waals surface area contributed by atoms with Gasteiger partial charge in [-0.25, -0.2) is 8.42 Å². The molecule has 1 saturated heterocycles. The molecule has 0 aliphatic carbocycles. The van der Waals surface area contributed by atoms with E-state index in [1.165, 1.54) is 12.1 Å². The Morgan fingerprint density at radius 1 is 1.43 bits per heavy atom. The van der Waals surface area contributed by atoms with Crippen molar-refractivity contribution in [3.05, 3.63) is 29.8 Å². The number of aliphatic hydroxyl groups excluding tert-OH is 1. The molecule has 21 heavy (non-hydrogen) atoms. The smallest absolute Gasteiger partial charge is 0.253 e. The number of sulfone groups is 1. The third-order valence-electron chi connectivity index (χ3n) is 4.01. The summed E-state index contributed by atoms with van der Waals surface area (Å²) in [7, 11) is -3.32. The number of hydrogen-bond donors (Lipinski definition) is 1. The minimum absolute atomic E-state index is 0.0841. The van der Waals surface area contributed by atoms with Crippen molar-refractivity contribution in [3.63, 3.8) is 0 Å². The highest BCUT2D eigenvalue weighted by atomic mass is 32.2. The number of hydrogen-bond acceptors (Lipinski definition) is 4. The first-order valence-corrected chi connectivity index (χ1v) is 8.99. The van der Waals surface area contributed by atoms with Gasteiger partial charge in [-0.3, -0.25) is 4.79 Å². The molecule has 116 valence electrons. The first-order chi connectivity index (χ1) is 9.82. The summed E-state index contributed by atoms with van der Waals surface area (Å²) in [5.74, 6) is -0.0911. The third kappa shape index (κ3) is 3.63. The van der Waals surface area contributed by atoms with E-state index in [9.17, 15) is 18.3 Å². The Bertz CT molecular complexity index is 626. The predicted octanol–water partition coefficient (Wildman–Crippen LogP) is 1.32. The average Bonchev–Trinajstić information content (AvgIpc) is 2.46. The maximum atomic E-state index is 12.5. The Hall–Kier alpha value is -1.40. The van der Waals surface area contributed by atoms with E-state index >= 15 is 0 Å². The van der Waals surface area contributed by atoms with E-state index in [0.717, 1.165) is 12.7 Å². The number of carbonyl (C=O) groups is 1. The number of amides is 1. The van der Waals surface area contributed by atoms with E-state index in [-0.39, 0.29) is 22.8 Å². The summed E-state index contributed by atoms with van der Waals surface area (Å²) >= 11 is 0. The second-order valence-corrected chi connectivity index (χ2v) is 7.59. The summed E-state index contributed by atoms with van der Waals surface area (Å²) in [5, 5.41) is 9.87. The van der Waals surface area contributed by atoms with Gasteiger partial charge in [-0.1, -0.05) is 13.0 Å². The highest BCUT2D eigenvalue weighted by Gasteiger charge is 2.29. The first-order valence-electron chi connectivity index (χ1n) is 7.10. The van der Waals surface area contributed by atoms with Crippen molar-refractivity contribution in [1.29, 1.82) is 0 Å². The molecule has 1 aromatic rings. The molecular weight excluding hydrogens is 290 g/mol. The van der Waals surface area contributed by atoms with Gasteiger partial charge in [0.15, 0.2) is 9.84 Å². The van der Waals surface area contributed by atoms with Crippen molar-refractivity contribution >= 4 is 15.7 Å². The molecule has 5 nitrogen and oxygen atoms in total. The van der Waals surface area contributed by atoms with E-state index < -0.39 is 9.84 Å². The highest BCUT2D eigenvalue weighted by molar-refractivity contribution is 7.90. The maximum Gasteiger partial charge on any atom is 0.253 e. The lowest BCUT2D eigenvalue weighted by atomic mass is 9.92. The molecule has 1 aliphatic heterocycles. The molecule has 6 heteroatoms. The van der Waals surface area contributed by atoms with Gasteiger partial charge in [0.1, 0.15) is 0 Å². The normalized spacial score (nSPS) is 23.1. The molecule has 0 spiro atoms. The van der Waals surface area contributed by atoms with Crippen LogP contribution >= 0.6 is 0 Å². The molecule has 0 saturated carbocycles. The molecule has 0 aromatic heterocycles. The van der Waals surface area contributed by atoms with Gasteiger partial charge in [0.2, 0.25) is 0 Å². The van der Waals surface area contributed by atoms with E-state index in [1.54, 1.807) is 17.0 Å². The summed E-state index contributed by atoms with van der Waals surface area (Å²) in [6.45, 7) is 3.01. The minimum atomic E-state index is -3.32. The SMILES string of the molecule is CCC1CN(C(=O)c2cccc(S(C)(=O)=O)c2)CCC1O. The van der Waals surface area contributed by atoms with E-state index in [2.05, 4.69) is 0 Å². The van der Waals surface area contributed by atoms with Crippen LogP contribution in [0.5, 0.6) is 0 Å². The molecule has 2 unspecified atom stereocenters. The zero-order valence-electron chi connectivity index (χ0n) is 12.3. The van der Waals surface area contributed by atoms with Crippen molar-refractivity contribution in [2.75, 3.05) is 19.3 Å². The monoisotopic (exact) mass is 311 g/mol. The third-order valence-corrected chi connectivity index (χ3v) is 5.12. The van der Waals surface area contributed by atoms with Crippen LogP contribution in [0.2, 0.25) is 0 Å². The minimum Gasteiger partial charge on any atom is -0.393 e. The van der Waals surface area contributed by atoms with Gasteiger partial charge in [-0.2, -0.15) is 0 Å². The molecule has 0 radical (unpaired) electrons. The van der Waals surface area contributed by atoms with Crippen LogP contribution < -0.4 is 0 Å².